The number of aromatic nitrogens is 1. The molecule has 1 aromatic carbocycles. The molecule has 7 heteroatoms. The van der Waals surface area contributed by atoms with Crippen molar-refractivity contribution in [3.8, 4) is 11.3 Å². The van der Waals surface area contributed by atoms with Crippen molar-refractivity contribution in [3.63, 3.8) is 0 Å². The molecule has 138 valence electrons. The zero-order chi connectivity index (χ0) is 17.9. The van der Waals surface area contributed by atoms with E-state index in [9.17, 15) is 9.90 Å². The third kappa shape index (κ3) is 3.51. The Kier molecular flexibility index (Phi) is 5.01. The Hall–Kier alpha value is -2.22. The van der Waals surface area contributed by atoms with Gasteiger partial charge in [-0.2, -0.15) is 0 Å². The summed E-state index contributed by atoms with van der Waals surface area (Å²) in [5.41, 5.74) is 1.23. The van der Waals surface area contributed by atoms with E-state index in [2.05, 4.69) is 10.1 Å². The third-order valence-electron chi connectivity index (χ3n) is 5.10. The Morgan fingerprint density at radius 2 is 1.96 bits per heavy atom. The van der Waals surface area contributed by atoms with Gasteiger partial charge in [-0.15, -0.1) is 0 Å². The van der Waals surface area contributed by atoms with Crippen LogP contribution >= 0.6 is 0 Å². The first-order chi connectivity index (χ1) is 12.7. The Bertz CT molecular complexity index is 748. The van der Waals surface area contributed by atoms with Crippen LogP contribution in [-0.4, -0.2) is 77.5 Å². The number of aliphatic hydroxyl groups excluding tert-OH is 1. The van der Waals surface area contributed by atoms with Crippen molar-refractivity contribution < 1.29 is 19.2 Å². The number of benzene rings is 1. The monoisotopic (exact) mass is 357 g/mol. The van der Waals surface area contributed by atoms with Gasteiger partial charge >= 0.3 is 0 Å². The van der Waals surface area contributed by atoms with Crippen molar-refractivity contribution >= 4 is 5.91 Å². The molecule has 0 bridgehead atoms. The lowest BCUT2D eigenvalue weighted by molar-refractivity contribution is 0.0717. The second-order valence-electron chi connectivity index (χ2n) is 6.80. The predicted molar refractivity (Wildman–Crippen MR) is 94.6 cm³/mol. The highest BCUT2D eigenvalue weighted by molar-refractivity contribution is 5.93. The lowest BCUT2D eigenvalue weighted by Gasteiger charge is -2.28. The van der Waals surface area contributed by atoms with Gasteiger partial charge in [-0.3, -0.25) is 9.69 Å². The van der Waals surface area contributed by atoms with Crippen molar-refractivity contribution in [1.82, 2.24) is 15.0 Å². The number of amides is 1. The van der Waals surface area contributed by atoms with E-state index in [1.165, 1.54) is 0 Å². The molecule has 1 amide bonds. The van der Waals surface area contributed by atoms with Crippen LogP contribution in [0, 0.1) is 0 Å². The molecule has 2 aliphatic heterocycles. The van der Waals surface area contributed by atoms with E-state index >= 15 is 0 Å². The van der Waals surface area contributed by atoms with Crippen LogP contribution in [0.3, 0.4) is 0 Å². The third-order valence-corrected chi connectivity index (χ3v) is 5.10. The number of hydrogen-bond donors (Lipinski definition) is 1. The summed E-state index contributed by atoms with van der Waals surface area (Å²) in [5, 5.41) is 14.0. The number of aliphatic hydroxyl groups is 1. The largest absolute Gasteiger partial charge is 0.389 e. The fourth-order valence-electron chi connectivity index (χ4n) is 3.63. The highest BCUT2D eigenvalue weighted by atomic mass is 16.5. The van der Waals surface area contributed by atoms with Crippen molar-refractivity contribution in [3.05, 3.63) is 42.1 Å². The molecule has 4 rings (SSSR count). The Labute approximate surface area is 152 Å². The number of nitrogens with zero attached hydrogens (tertiary/aromatic N) is 3. The van der Waals surface area contributed by atoms with Crippen LogP contribution in [0.25, 0.3) is 11.3 Å². The Morgan fingerprint density at radius 1 is 1.12 bits per heavy atom. The molecule has 26 heavy (non-hydrogen) atoms. The molecule has 0 saturated carbocycles. The molecule has 7 nitrogen and oxygen atoms in total. The lowest BCUT2D eigenvalue weighted by atomic mass is 10.1. The minimum Gasteiger partial charge on any atom is -0.389 e. The van der Waals surface area contributed by atoms with Crippen LogP contribution in [0.2, 0.25) is 0 Å². The van der Waals surface area contributed by atoms with E-state index < -0.39 is 6.10 Å². The maximum atomic E-state index is 12.8. The first kappa shape index (κ1) is 17.2. The molecule has 2 fully saturated rings. The zero-order valence-electron chi connectivity index (χ0n) is 14.6. The van der Waals surface area contributed by atoms with E-state index in [0.717, 1.165) is 25.1 Å². The number of rotatable bonds is 3. The summed E-state index contributed by atoms with van der Waals surface area (Å²) in [7, 11) is 0. The molecular formula is C19H23N3O4. The van der Waals surface area contributed by atoms with Crippen LogP contribution in [0.15, 0.2) is 40.9 Å². The van der Waals surface area contributed by atoms with Crippen LogP contribution < -0.4 is 0 Å². The standard InChI is InChI=1S/C19H23N3O4/c23-17-13-25-12-16(17)21-7-4-8-22(10-9-21)19(24)15-11-18(26-20-15)14-5-2-1-3-6-14/h1-3,5-6,11,16-17,23H,4,7-10,12-13H2/t16-,17-/m1/s1. The van der Waals surface area contributed by atoms with Gasteiger partial charge in [0.15, 0.2) is 11.5 Å². The van der Waals surface area contributed by atoms with E-state index in [4.69, 9.17) is 9.26 Å². The molecule has 1 aromatic heterocycles. The van der Waals surface area contributed by atoms with Crippen molar-refractivity contribution in [2.45, 2.75) is 18.6 Å². The summed E-state index contributed by atoms with van der Waals surface area (Å²) >= 11 is 0. The molecule has 0 radical (unpaired) electrons. The summed E-state index contributed by atoms with van der Waals surface area (Å²) in [6, 6.07) is 11.4. The number of hydrogen-bond acceptors (Lipinski definition) is 6. The van der Waals surface area contributed by atoms with E-state index in [0.29, 0.717) is 37.8 Å². The lowest BCUT2D eigenvalue weighted by Crippen LogP contribution is -2.45. The molecule has 1 N–H and O–H groups in total. The first-order valence-corrected chi connectivity index (χ1v) is 9.03. The van der Waals surface area contributed by atoms with Gasteiger partial charge in [0.2, 0.25) is 0 Å². The SMILES string of the molecule is O=C(c1cc(-c2ccccc2)on1)N1CCCN([C@@H]2COC[C@H]2O)CC1. The second kappa shape index (κ2) is 7.57. The first-order valence-electron chi connectivity index (χ1n) is 9.03. The van der Waals surface area contributed by atoms with Crippen LogP contribution in [0.5, 0.6) is 0 Å². The average Bonchev–Trinajstić information content (AvgIpc) is 3.26. The van der Waals surface area contributed by atoms with Crippen LogP contribution in [0.4, 0.5) is 0 Å². The van der Waals surface area contributed by atoms with Gasteiger partial charge < -0.3 is 19.3 Å². The minimum absolute atomic E-state index is 0.0294. The molecule has 0 aliphatic carbocycles. The predicted octanol–water partition coefficient (Wildman–Crippen LogP) is 1.25. The molecule has 0 unspecified atom stereocenters. The fourth-order valence-corrected chi connectivity index (χ4v) is 3.63. The van der Waals surface area contributed by atoms with Gasteiger partial charge in [-0.05, 0) is 6.42 Å². The van der Waals surface area contributed by atoms with Crippen LogP contribution in [0.1, 0.15) is 16.9 Å². The topological polar surface area (TPSA) is 79.0 Å². The normalized spacial score (nSPS) is 24.6. The molecule has 2 aromatic rings. The van der Waals surface area contributed by atoms with Gasteiger partial charge in [0.25, 0.3) is 5.91 Å². The summed E-state index contributed by atoms with van der Waals surface area (Å²) in [6.45, 7) is 3.80. The van der Waals surface area contributed by atoms with Gasteiger partial charge in [0.05, 0.1) is 25.4 Å². The molecule has 3 heterocycles. The van der Waals surface area contributed by atoms with Gasteiger partial charge in [0.1, 0.15) is 0 Å². The average molecular weight is 357 g/mol. The summed E-state index contributed by atoms with van der Waals surface area (Å²) < 4.78 is 10.7. The quantitative estimate of drug-likeness (QED) is 0.891. The van der Waals surface area contributed by atoms with E-state index in [1.807, 2.05) is 35.2 Å². The van der Waals surface area contributed by atoms with Crippen molar-refractivity contribution in [2.24, 2.45) is 0 Å². The number of ether oxygens (including phenoxy) is 1. The molecule has 2 atom stereocenters. The van der Waals surface area contributed by atoms with Gasteiger partial charge in [-0.1, -0.05) is 35.5 Å². The summed E-state index contributed by atoms with van der Waals surface area (Å²) in [4.78, 5) is 16.8. The second-order valence-corrected chi connectivity index (χ2v) is 6.80. The van der Waals surface area contributed by atoms with E-state index in [1.54, 1.807) is 6.07 Å². The number of carbonyl (C=O) groups is 1. The summed E-state index contributed by atoms with van der Waals surface area (Å²) in [5.74, 6) is 0.484. The van der Waals surface area contributed by atoms with Gasteiger partial charge in [-0.25, -0.2) is 0 Å². The highest BCUT2D eigenvalue weighted by Crippen LogP contribution is 2.21. The maximum Gasteiger partial charge on any atom is 0.276 e. The number of carbonyl (C=O) groups excluding carboxylic acids is 1. The zero-order valence-corrected chi connectivity index (χ0v) is 14.6. The van der Waals surface area contributed by atoms with Crippen LogP contribution in [-0.2, 0) is 4.74 Å². The minimum atomic E-state index is -0.443. The molecular weight excluding hydrogens is 334 g/mol. The molecule has 0 spiro atoms. The maximum absolute atomic E-state index is 12.8. The smallest absolute Gasteiger partial charge is 0.276 e. The van der Waals surface area contributed by atoms with Crippen molar-refractivity contribution in [1.29, 1.82) is 0 Å². The Morgan fingerprint density at radius 3 is 2.73 bits per heavy atom. The van der Waals surface area contributed by atoms with Gasteiger partial charge in [0, 0.05) is 37.8 Å². The molecule has 2 saturated heterocycles. The highest BCUT2D eigenvalue weighted by Gasteiger charge is 2.33. The fraction of sp³-hybridized carbons (Fsp3) is 0.474. The van der Waals surface area contributed by atoms with Crippen molar-refractivity contribution in [2.75, 3.05) is 39.4 Å². The Balaban J connectivity index is 1.41. The van der Waals surface area contributed by atoms with E-state index in [-0.39, 0.29) is 11.9 Å². The molecule has 2 aliphatic rings. The summed E-state index contributed by atoms with van der Waals surface area (Å²) in [6.07, 6.45) is 0.416.